The fourth-order valence-electron chi connectivity index (χ4n) is 5.98. The molecule has 4 nitrogen and oxygen atoms in total. The van der Waals surface area contributed by atoms with Crippen molar-refractivity contribution in [3.05, 3.63) is 163 Å². The Kier molecular flexibility index (Phi) is 6.23. The Morgan fingerprint density at radius 2 is 1.16 bits per heavy atom. The molecule has 0 saturated carbocycles. The molecule has 5 aromatic carbocycles. The van der Waals surface area contributed by atoms with Crippen molar-refractivity contribution >= 4 is 27.6 Å². The summed E-state index contributed by atoms with van der Waals surface area (Å²) in [6.45, 7) is 0. The molecule has 0 N–H and O–H groups in total. The molecule has 0 spiro atoms. The summed E-state index contributed by atoms with van der Waals surface area (Å²) >= 11 is 0. The topological polar surface area (TPSA) is 43.6 Å². The smallest absolute Gasteiger partial charge is 0.145 e. The molecular formula is C39H28N4. The van der Waals surface area contributed by atoms with Crippen LogP contribution < -0.4 is 0 Å². The lowest BCUT2D eigenvalue weighted by Crippen LogP contribution is -2.03. The molecule has 1 aliphatic rings. The van der Waals surface area contributed by atoms with Gasteiger partial charge in [-0.05, 0) is 54.0 Å². The molecule has 43 heavy (non-hydrogen) atoms. The third-order valence-corrected chi connectivity index (χ3v) is 8.16. The number of hydrogen-bond acceptors (Lipinski definition) is 3. The van der Waals surface area contributed by atoms with Crippen LogP contribution in [0.1, 0.15) is 23.6 Å². The van der Waals surface area contributed by atoms with E-state index in [1.54, 1.807) is 0 Å². The summed E-state index contributed by atoms with van der Waals surface area (Å²) in [4.78, 5) is 15.1. The van der Waals surface area contributed by atoms with Crippen LogP contribution in [0.15, 0.2) is 152 Å². The lowest BCUT2D eigenvalue weighted by molar-refractivity contribution is 0.856. The van der Waals surface area contributed by atoms with Gasteiger partial charge in [-0.1, -0.05) is 115 Å². The van der Waals surface area contributed by atoms with E-state index in [1.165, 1.54) is 5.56 Å². The number of para-hydroxylation sites is 5. The summed E-state index contributed by atoms with van der Waals surface area (Å²) in [5, 5.41) is 0. The van der Waals surface area contributed by atoms with E-state index in [0.29, 0.717) is 5.92 Å². The van der Waals surface area contributed by atoms with Gasteiger partial charge in [0.2, 0.25) is 0 Å². The Labute approximate surface area is 250 Å². The fraction of sp³-hybridized carbons (Fsp3) is 0.0513. The monoisotopic (exact) mass is 552 g/mol. The van der Waals surface area contributed by atoms with Gasteiger partial charge in [-0.15, -0.1) is 0 Å². The van der Waals surface area contributed by atoms with Gasteiger partial charge in [-0.25, -0.2) is 15.0 Å². The SMILES string of the molecule is C1=CC(c2ccc(-c3nc4ccccc4n3-c3ccccc3)cc2)CC=C1c1nc2ccccc2nc1-c1ccccc1. The van der Waals surface area contributed by atoms with Crippen LogP contribution in [0, 0.1) is 0 Å². The average molecular weight is 553 g/mol. The van der Waals surface area contributed by atoms with Gasteiger partial charge in [-0.3, -0.25) is 4.57 Å². The number of fused-ring (bicyclic) bond motifs is 2. The van der Waals surface area contributed by atoms with E-state index in [1.807, 2.05) is 42.5 Å². The van der Waals surface area contributed by atoms with E-state index in [-0.39, 0.29) is 0 Å². The third kappa shape index (κ3) is 4.63. The molecular weight excluding hydrogens is 524 g/mol. The normalized spacial score (nSPS) is 14.7. The maximum Gasteiger partial charge on any atom is 0.145 e. The lowest BCUT2D eigenvalue weighted by Gasteiger charge is -2.19. The van der Waals surface area contributed by atoms with Crippen molar-refractivity contribution in [2.45, 2.75) is 12.3 Å². The van der Waals surface area contributed by atoms with Crippen molar-refractivity contribution in [1.29, 1.82) is 0 Å². The second-order valence-electron chi connectivity index (χ2n) is 10.9. The van der Waals surface area contributed by atoms with Crippen molar-refractivity contribution in [2.24, 2.45) is 0 Å². The van der Waals surface area contributed by atoms with Gasteiger partial charge in [0.25, 0.3) is 0 Å². The first-order chi connectivity index (χ1) is 21.3. The molecule has 1 atom stereocenters. The van der Waals surface area contributed by atoms with Gasteiger partial charge in [0, 0.05) is 22.7 Å². The molecule has 0 aliphatic heterocycles. The van der Waals surface area contributed by atoms with E-state index in [0.717, 1.165) is 68.1 Å². The van der Waals surface area contributed by atoms with Crippen molar-refractivity contribution in [1.82, 2.24) is 19.5 Å². The molecule has 0 saturated heterocycles. The first kappa shape index (κ1) is 25.1. The minimum atomic E-state index is 0.291. The molecule has 2 heterocycles. The maximum atomic E-state index is 5.08. The largest absolute Gasteiger partial charge is 0.292 e. The predicted molar refractivity (Wildman–Crippen MR) is 176 cm³/mol. The maximum absolute atomic E-state index is 5.08. The summed E-state index contributed by atoms with van der Waals surface area (Å²) in [7, 11) is 0. The van der Waals surface area contributed by atoms with Crippen molar-refractivity contribution < 1.29 is 0 Å². The van der Waals surface area contributed by atoms with Crippen LogP contribution in [0.4, 0.5) is 0 Å². The first-order valence-corrected chi connectivity index (χ1v) is 14.7. The third-order valence-electron chi connectivity index (χ3n) is 8.16. The molecule has 1 aliphatic carbocycles. The van der Waals surface area contributed by atoms with Crippen LogP contribution in [-0.2, 0) is 0 Å². The number of aromatic nitrogens is 4. The number of rotatable bonds is 5. The number of hydrogen-bond donors (Lipinski definition) is 0. The quantitative estimate of drug-likeness (QED) is 0.214. The Bertz CT molecular complexity index is 2140. The first-order valence-electron chi connectivity index (χ1n) is 14.7. The number of benzene rings is 5. The van der Waals surface area contributed by atoms with Gasteiger partial charge in [0.1, 0.15) is 5.82 Å². The molecule has 4 heteroatoms. The zero-order chi connectivity index (χ0) is 28.6. The summed E-state index contributed by atoms with van der Waals surface area (Å²) in [5.41, 5.74) is 11.4. The van der Waals surface area contributed by atoms with Gasteiger partial charge >= 0.3 is 0 Å². The van der Waals surface area contributed by atoms with Crippen molar-refractivity contribution in [3.8, 4) is 28.3 Å². The molecule has 2 aromatic heterocycles. The second kappa shape index (κ2) is 10.7. The summed E-state index contributed by atoms with van der Waals surface area (Å²) in [6.07, 6.45) is 7.71. The van der Waals surface area contributed by atoms with Crippen LogP contribution in [0.3, 0.4) is 0 Å². The standard InChI is InChI=1S/C39H28N4/c1-3-11-29(12-4-1)37-38(41-34-16-8-7-15-33(34)40-37)30-23-19-27(20-24-30)28-21-25-31(26-22-28)39-42-35-17-9-10-18-36(35)43(39)32-13-5-2-6-14-32/h1-19,21-27H,20H2. The summed E-state index contributed by atoms with van der Waals surface area (Å²) < 4.78 is 2.24. The average Bonchev–Trinajstić information content (AvgIpc) is 3.48. The highest BCUT2D eigenvalue weighted by atomic mass is 15.1. The van der Waals surface area contributed by atoms with E-state index < -0.39 is 0 Å². The molecule has 0 fully saturated rings. The fourth-order valence-corrected chi connectivity index (χ4v) is 5.98. The highest BCUT2D eigenvalue weighted by molar-refractivity contribution is 5.88. The Morgan fingerprint density at radius 3 is 1.86 bits per heavy atom. The van der Waals surface area contributed by atoms with E-state index in [2.05, 4.69) is 114 Å². The van der Waals surface area contributed by atoms with Crippen LogP contribution in [-0.4, -0.2) is 19.5 Å². The molecule has 0 bridgehead atoms. The van der Waals surface area contributed by atoms with E-state index in [4.69, 9.17) is 15.0 Å². The van der Waals surface area contributed by atoms with Gasteiger partial charge in [-0.2, -0.15) is 0 Å². The number of nitrogens with zero attached hydrogens (tertiary/aromatic N) is 4. The molecule has 204 valence electrons. The minimum Gasteiger partial charge on any atom is -0.292 e. The van der Waals surface area contributed by atoms with Crippen LogP contribution >= 0.6 is 0 Å². The van der Waals surface area contributed by atoms with Crippen molar-refractivity contribution in [3.63, 3.8) is 0 Å². The number of imidazole rings is 1. The Balaban J connectivity index is 1.11. The highest BCUT2D eigenvalue weighted by Crippen LogP contribution is 2.36. The van der Waals surface area contributed by atoms with Crippen LogP contribution in [0.5, 0.6) is 0 Å². The minimum absolute atomic E-state index is 0.291. The molecule has 0 radical (unpaired) electrons. The highest BCUT2D eigenvalue weighted by Gasteiger charge is 2.19. The van der Waals surface area contributed by atoms with Gasteiger partial charge in [0.15, 0.2) is 0 Å². The molecule has 7 aromatic rings. The van der Waals surface area contributed by atoms with E-state index >= 15 is 0 Å². The predicted octanol–water partition coefficient (Wildman–Crippen LogP) is 9.43. The zero-order valence-electron chi connectivity index (χ0n) is 23.5. The van der Waals surface area contributed by atoms with Crippen molar-refractivity contribution in [2.75, 3.05) is 0 Å². The summed E-state index contributed by atoms with van der Waals surface area (Å²) in [5.74, 6) is 1.24. The lowest BCUT2D eigenvalue weighted by atomic mass is 9.88. The van der Waals surface area contributed by atoms with Crippen LogP contribution in [0.25, 0.3) is 56.0 Å². The second-order valence-corrected chi connectivity index (χ2v) is 10.9. The Hall–Kier alpha value is -5.61. The molecule has 1 unspecified atom stereocenters. The van der Waals surface area contributed by atoms with Crippen LogP contribution in [0.2, 0.25) is 0 Å². The van der Waals surface area contributed by atoms with Gasteiger partial charge in [0.05, 0.1) is 33.5 Å². The van der Waals surface area contributed by atoms with E-state index in [9.17, 15) is 0 Å². The Morgan fingerprint density at radius 1 is 0.535 bits per heavy atom. The summed E-state index contributed by atoms with van der Waals surface area (Å²) in [6, 6.07) is 46.1. The number of allylic oxidation sites excluding steroid dienone is 4. The molecule has 8 rings (SSSR count). The zero-order valence-corrected chi connectivity index (χ0v) is 23.5. The molecule has 0 amide bonds. The van der Waals surface area contributed by atoms with Gasteiger partial charge < -0.3 is 0 Å².